The highest BCUT2D eigenvalue weighted by Gasteiger charge is 2.33. The molecule has 0 aromatic carbocycles. The number of nitrogens with zero attached hydrogens (tertiary/aromatic N) is 5. The maximum absolute atomic E-state index is 9.07. The van der Waals surface area contributed by atoms with Gasteiger partial charge in [0.2, 0.25) is 0 Å². The molecule has 1 aliphatic rings. The summed E-state index contributed by atoms with van der Waals surface area (Å²) in [7, 11) is 0. The summed E-state index contributed by atoms with van der Waals surface area (Å²) < 4.78 is 0. The van der Waals surface area contributed by atoms with E-state index in [0.29, 0.717) is 24.5 Å². The largest absolute Gasteiger partial charge is 0.367 e. The molecule has 0 radical (unpaired) electrons. The Morgan fingerprint density at radius 3 is 2.62 bits per heavy atom. The second-order valence-electron chi connectivity index (χ2n) is 8.57. The SMILES string of the molecule is CCC1CC(Nc2cc3ncccc3c(Nc3cc(C)[nH]n3)n2)CC(CC)N1CCC#N. The van der Waals surface area contributed by atoms with Crippen LogP contribution in [0.3, 0.4) is 0 Å². The molecule has 3 aromatic heterocycles. The Labute approximate surface area is 189 Å². The number of nitriles is 1. The van der Waals surface area contributed by atoms with Crippen molar-refractivity contribution in [1.82, 2.24) is 25.1 Å². The molecule has 3 aromatic rings. The van der Waals surface area contributed by atoms with Gasteiger partial charge in [0, 0.05) is 60.5 Å². The predicted octanol–water partition coefficient (Wildman–Crippen LogP) is 4.75. The molecule has 2 atom stereocenters. The minimum Gasteiger partial charge on any atom is -0.367 e. The Kier molecular flexibility index (Phi) is 6.86. The van der Waals surface area contributed by atoms with E-state index in [1.807, 2.05) is 37.4 Å². The van der Waals surface area contributed by atoms with E-state index in [0.717, 1.165) is 66.3 Å². The average Bonchev–Trinajstić information content (AvgIpc) is 3.22. The highest BCUT2D eigenvalue weighted by molar-refractivity contribution is 5.92. The smallest absolute Gasteiger partial charge is 0.153 e. The number of fused-ring (bicyclic) bond motifs is 1. The molecule has 0 saturated carbocycles. The van der Waals surface area contributed by atoms with Crippen LogP contribution in [0.1, 0.15) is 51.6 Å². The lowest BCUT2D eigenvalue weighted by Crippen LogP contribution is -2.52. The van der Waals surface area contributed by atoms with Gasteiger partial charge in [0.05, 0.1) is 11.6 Å². The zero-order valence-corrected chi connectivity index (χ0v) is 19.1. The number of H-pyrrole nitrogens is 1. The van der Waals surface area contributed by atoms with Crippen LogP contribution in [0.5, 0.6) is 0 Å². The van der Waals surface area contributed by atoms with E-state index >= 15 is 0 Å². The monoisotopic (exact) mass is 432 g/mol. The van der Waals surface area contributed by atoms with Crippen molar-refractivity contribution in [2.45, 2.75) is 71.0 Å². The zero-order valence-electron chi connectivity index (χ0n) is 19.1. The van der Waals surface area contributed by atoms with Crippen LogP contribution in [0.25, 0.3) is 10.9 Å². The Morgan fingerprint density at radius 1 is 1.19 bits per heavy atom. The Bertz CT molecular complexity index is 1070. The fraction of sp³-hybridized carbons (Fsp3) is 0.500. The highest BCUT2D eigenvalue weighted by Crippen LogP contribution is 2.31. The minimum absolute atomic E-state index is 0.331. The third kappa shape index (κ3) is 4.83. The van der Waals surface area contributed by atoms with Gasteiger partial charge >= 0.3 is 0 Å². The zero-order chi connectivity index (χ0) is 22.5. The highest BCUT2D eigenvalue weighted by atomic mass is 15.2. The van der Waals surface area contributed by atoms with Gasteiger partial charge in [-0.3, -0.25) is 15.0 Å². The number of nitrogens with one attached hydrogen (secondary N) is 3. The number of likely N-dealkylation sites (tertiary alicyclic amines) is 1. The van der Waals surface area contributed by atoms with Crippen molar-refractivity contribution >= 4 is 28.4 Å². The summed E-state index contributed by atoms with van der Waals surface area (Å²) in [6.45, 7) is 7.31. The summed E-state index contributed by atoms with van der Waals surface area (Å²) >= 11 is 0. The molecule has 1 aliphatic heterocycles. The van der Waals surface area contributed by atoms with Crippen molar-refractivity contribution in [1.29, 1.82) is 5.26 Å². The lowest BCUT2D eigenvalue weighted by atomic mass is 9.88. The van der Waals surface area contributed by atoms with Crippen molar-refractivity contribution in [2.75, 3.05) is 17.2 Å². The number of piperidine rings is 1. The van der Waals surface area contributed by atoms with Crippen LogP contribution in [0.15, 0.2) is 30.5 Å². The summed E-state index contributed by atoms with van der Waals surface area (Å²) in [5.41, 5.74) is 1.88. The average molecular weight is 433 g/mol. The van der Waals surface area contributed by atoms with Crippen LogP contribution in [0.2, 0.25) is 0 Å². The van der Waals surface area contributed by atoms with Crippen LogP contribution in [0.4, 0.5) is 17.5 Å². The number of pyridine rings is 2. The standard InChI is InChI=1S/C24H32N8/c1-4-18-13-17(14-19(5-2)32(18)11-7-9-25)27-22-15-21-20(8-6-10-26-21)24(28-22)29-23-12-16(3)30-31-23/h6,8,10,12,15,17-19H,4-5,7,11,13-14H2,1-3H3,(H3,27,28,29,30,31). The number of aromatic nitrogens is 4. The maximum atomic E-state index is 9.07. The van der Waals surface area contributed by atoms with Gasteiger partial charge in [-0.15, -0.1) is 0 Å². The summed E-state index contributed by atoms with van der Waals surface area (Å²) in [6, 6.07) is 11.5. The first-order chi connectivity index (χ1) is 15.6. The first kappa shape index (κ1) is 22.0. The third-order valence-electron chi connectivity index (χ3n) is 6.38. The van der Waals surface area contributed by atoms with Gasteiger partial charge in [-0.2, -0.15) is 10.4 Å². The summed E-state index contributed by atoms with van der Waals surface area (Å²) in [5.74, 6) is 2.31. The fourth-order valence-electron chi connectivity index (χ4n) is 4.84. The molecule has 168 valence electrons. The van der Waals surface area contributed by atoms with Crippen LogP contribution < -0.4 is 10.6 Å². The van der Waals surface area contributed by atoms with Gasteiger partial charge in [0.25, 0.3) is 0 Å². The van der Waals surface area contributed by atoms with Crippen LogP contribution in [-0.4, -0.2) is 49.7 Å². The Balaban J connectivity index is 1.58. The summed E-state index contributed by atoms with van der Waals surface area (Å²) in [4.78, 5) is 12.0. The molecule has 1 saturated heterocycles. The molecule has 0 amide bonds. The molecule has 2 unspecified atom stereocenters. The molecular weight excluding hydrogens is 400 g/mol. The Morgan fingerprint density at radius 2 is 1.97 bits per heavy atom. The van der Waals surface area contributed by atoms with E-state index in [-0.39, 0.29) is 0 Å². The van der Waals surface area contributed by atoms with Crippen molar-refractivity contribution in [2.24, 2.45) is 0 Å². The normalized spacial score (nSPS) is 21.4. The molecule has 0 bridgehead atoms. The first-order valence-corrected chi connectivity index (χ1v) is 11.5. The number of hydrogen-bond acceptors (Lipinski definition) is 7. The second kappa shape index (κ2) is 9.96. The number of aromatic amines is 1. The van der Waals surface area contributed by atoms with E-state index < -0.39 is 0 Å². The third-order valence-corrected chi connectivity index (χ3v) is 6.38. The maximum Gasteiger partial charge on any atom is 0.153 e. The summed E-state index contributed by atoms with van der Waals surface area (Å²) in [5, 5.41) is 24.3. The minimum atomic E-state index is 0.331. The first-order valence-electron chi connectivity index (χ1n) is 11.5. The van der Waals surface area contributed by atoms with Crippen molar-refractivity contribution in [3.05, 3.63) is 36.2 Å². The lowest BCUT2D eigenvalue weighted by Gasteiger charge is -2.45. The molecule has 8 heteroatoms. The molecule has 3 N–H and O–H groups in total. The topological polar surface area (TPSA) is 106 Å². The number of rotatable bonds is 8. The van der Waals surface area contributed by atoms with Gasteiger partial charge in [0.1, 0.15) is 11.6 Å². The van der Waals surface area contributed by atoms with Crippen molar-refractivity contribution < 1.29 is 0 Å². The van der Waals surface area contributed by atoms with E-state index in [4.69, 9.17) is 10.2 Å². The van der Waals surface area contributed by atoms with E-state index in [9.17, 15) is 0 Å². The van der Waals surface area contributed by atoms with Gasteiger partial charge in [0.15, 0.2) is 5.82 Å². The van der Waals surface area contributed by atoms with Crippen LogP contribution >= 0.6 is 0 Å². The molecular formula is C24H32N8. The van der Waals surface area contributed by atoms with E-state index in [1.54, 1.807) is 0 Å². The Hall–Kier alpha value is -3.18. The fourth-order valence-corrected chi connectivity index (χ4v) is 4.84. The molecule has 8 nitrogen and oxygen atoms in total. The molecule has 1 fully saturated rings. The molecule has 32 heavy (non-hydrogen) atoms. The number of hydrogen-bond donors (Lipinski definition) is 3. The molecule has 0 spiro atoms. The van der Waals surface area contributed by atoms with Gasteiger partial charge in [-0.05, 0) is 44.7 Å². The second-order valence-corrected chi connectivity index (χ2v) is 8.57. The quantitative estimate of drug-likeness (QED) is 0.471. The van der Waals surface area contributed by atoms with E-state index in [2.05, 4.69) is 50.6 Å². The lowest BCUT2D eigenvalue weighted by molar-refractivity contribution is 0.0735. The van der Waals surface area contributed by atoms with Crippen molar-refractivity contribution in [3.63, 3.8) is 0 Å². The number of aryl methyl sites for hydroxylation is 1. The molecule has 0 aliphatic carbocycles. The van der Waals surface area contributed by atoms with Crippen molar-refractivity contribution in [3.8, 4) is 6.07 Å². The van der Waals surface area contributed by atoms with Gasteiger partial charge < -0.3 is 10.6 Å². The molecule has 4 rings (SSSR count). The summed E-state index contributed by atoms with van der Waals surface area (Å²) in [6.07, 6.45) is 6.65. The molecule has 4 heterocycles. The predicted molar refractivity (Wildman–Crippen MR) is 128 cm³/mol. The van der Waals surface area contributed by atoms with E-state index in [1.165, 1.54) is 0 Å². The number of anilines is 3. The van der Waals surface area contributed by atoms with Crippen LogP contribution in [-0.2, 0) is 0 Å². The van der Waals surface area contributed by atoms with Gasteiger partial charge in [-0.1, -0.05) is 13.8 Å². The van der Waals surface area contributed by atoms with Crippen LogP contribution in [0, 0.1) is 18.3 Å². The van der Waals surface area contributed by atoms with Gasteiger partial charge in [-0.25, -0.2) is 4.98 Å².